The molecule has 4 nitrogen and oxygen atoms in total. The molecule has 1 aromatic carbocycles. The first-order valence-corrected chi connectivity index (χ1v) is 13.6. The number of fused-ring (bicyclic) bond motifs is 1. The van der Waals surface area contributed by atoms with Gasteiger partial charge in [0.25, 0.3) is 0 Å². The SMILES string of the molecule is CCCCCCCCCCCCCCCCS(=O)(=O)Nc1cccc2c1NCC2. The van der Waals surface area contributed by atoms with Crippen molar-refractivity contribution in [3.8, 4) is 0 Å². The Morgan fingerprint density at radius 1 is 0.828 bits per heavy atom. The third-order valence-electron chi connectivity index (χ3n) is 5.88. The largest absolute Gasteiger partial charge is 0.383 e. The average Bonchev–Trinajstić information content (AvgIpc) is 3.18. The monoisotopic (exact) mass is 422 g/mol. The van der Waals surface area contributed by atoms with Gasteiger partial charge in [0.2, 0.25) is 10.0 Å². The Labute approximate surface area is 179 Å². The number of rotatable bonds is 17. The van der Waals surface area contributed by atoms with Crippen LogP contribution in [0.1, 0.15) is 102 Å². The molecule has 0 saturated carbocycles. The highest BCUT2D eigenvalue weighted by Crippen LogP contribution is 2.31. The van der Waals surface area contributed by atoms with Crippen molar-refractivity contribution in [3.63, 3.8) is 0 Å². The summed E-state index contributed by atoms with van der Waals surface area (Å²) in [7, 11) is -3.26. The fourth-order valence-corrected chi connectivity index (χ4v) is 5.32. The van der Waals surface area contributed by atoms with Crippen molar-refractivity contribution in [1.29, 1.82) is 0 Å². The van der Waals surface area contributed by atoms with Crippen LogP contribution in [-0.2, 0) is 16.4 Å². The molecule has 5 heteroatoms. The van der Waals surface area contributed by atoms with E-state index in [1.165, 1.54) is 76.2 Å². The molecule has 166 valence electrons. The molecule has 0 aliphatic carbocycles. The molecule has 0 amide bonds. The minimum absolute atomic E-state index is 0.217. The lowest BCUT2D eigenvalue weighted by molar-refractivity contribution is 0.537. The van der Waals surface area contributed by atoms with Gasteiger partial charge in [0.15, 0.2) is 0 Å². The van der Waals surface area contributed by atoms with Gasteiger partial charge in [-0.05, 0) is 24.5 Å². The molecular weight excluding hydrogens is 380 g/mol. The van der Waals surface area contributed by atoms with Crippen molar-refractivity contribution < 1.29 is 8.42 Å². The van der Waals surface area contributed by atoms with Crippen molar-refractivity contribution in [2.24, 2.45) is 0 Å². The van der Waals surface area contributed by atoms with Crippen molar-refractivity contribution in [2.45, 2.75) is 103 Å². The predicted molar refractivity (Wildman–Crippen MR) is 126 cm³/mol. The zero-order chi connectivity index (χ0) is 20.8. The van der Waals surface area contributed by atoms with E-state index in [2.05, 4.69) is 23.0 Å². The molecule has 0 spiro atoms. The van der Waals surface area contributed by atoms with Crippen LogP contribution in [0.25, 0.3) is 0 Å². The van der Waals surface area contributed by atoms with Gasteiger partial charge in [0, 0.05) is 6.54 Å². The molecule has 1 aromatic rings. The van der Waals surface area contributed by atoms with Crippen LogP contribution < -0.4 is 10.0 Å². The van der Waals surface area contributed by atoms with Crippen LogP contribution in [0.3, 0.4) is 0 Å². The fourth-order valence-electron chi connectivity index (χ4n) is 4.13. The summed E-state index contributed by atoms with van der Waals surface area (Å²) >= 11 is 0. The number of sulfonamides is 1. The smallest absolute Gasteiger partial charge is 0.232 e. The number of para-hydroxylation sites is 1. The molecule has 0 radical (unpaired) electrons. The Bertz CT molecular complexity index is 673. The van der Waals surface area contributed by atoms with E-state index in [0.717, 1.165) is 37.9 Å². The maximum Gasteiger partial charge on any atom is 0.232 e. The van der Waals surface area contributed by atoms with Crippen molar-refractivity contribution in [1.82, 2.24) is 0 Å². The molecule has 0 saturated heterocycles. The van der Waals surface area contributed by atoms with Gasteiger partial charge in [-0.25, -0.2) is 8.42 Å². The van der Waals surface area contributed by atoms with E-state index in [-0.39, 0.29) is 5.75 Å². The summed E-state index contributed by atoms with van der Waals surface area (Å²) in [6.45, 7) is 3.15. The zero-order valence-electron chi connectivity index (χ0n) is 18.5. The van der Waals surface area contributed by atoms with Gasteiger partial charge in [-0.15, -0.1) is 0 Å². The number of anilines is 2. The average molecular weight is 423 g/mol. The molecule has 0 aromatic heterocycles. The summed E-state index contributed by atoms with van der Waals surface area (Å²) in [5, 5.41) is 3.28. The van der Waals surface area contributed by atoms with Crippen molar-refractivity contribution in [2.75, 3.05) is 22.3 Å². The Kier molecular flexibility index (Phi) is 11.5. The highest BCUT2D eigenvalue weighted by atomic mass is 32.2. The van der Waals surface area contributed by atoms with Crippen molar-refractivity contribution >= 4 is 21.4 Å². The summed E-state index contributed by atoms with van der Waals surface area (Å²) in [5.74, 6) is 0.217. The molecule has 29 heavy (non-hydrogen) atoms. The Morgan fingerprint density at radius 2 is 1.38 bits per heavy atom. The van der Waals surface area contributed by atoms with Gasteiger partial charge in [0.05, 0.1) is 17.1 Å². The van der Waals surface area contributed by atoms with Crippen LogP contribution in [-0.4, -0.2) is 20.7 Å². The van der Waals surface area contributed by atoms with Crippen LogP contribution >= 0.6 is 0 Å². The molecule has 0 bridgehead atoms. The third-order valence-corrected chi connectivity index (χ3v) is 7.24. The molecule has 2 N–H and O–H groups in total. The number of benzene rings is 1. The number of hydrogen-bond donors (Lipinski definition) is 2. The van der Waals surface area contributed by atoms with Crippen LogP contribution in [0.15, 0.2) is 18.2 Å². The van der Waals surface area contributed by atoms with Crippen LogP contribution in [0.2, 0.25) is 0 Å². The van der Waals surface area contributed by atoms with Gasteiger partial charge in [-0.3, -0.25) is 4.72 Å². The molecule has 1 aliphatic rings. The van der Waals surface area contributed by atoms with E-state index in [1.54, 1.807) is 0 Å². The van der Waals surface area contributed by atoms with Gasteiger partial charge >= 0.3 is 0 Å². The Balaban J connectivity index is 1.46. The van der Waals surface area contributed by atoms with Gasteiger partial charge < -0.3 is 5.32 Å². The van der Waals surface area contributed by atoms with E-state index in [1.807, 2.05) is 12.1 Å². The zero-order valence-corrected chi connectivity index (χ0v) is 19.3. The first-order valence-electron chi connectivity index (χ1n) is 12.0. The number of nitrogens with one attached hydrogen (secondary N) is 2. The summed E-state index contributed by atoms with van der Waals surface area (Å²) < 4.78 is 27.5. The second-order valence-corrected chi connectivity index (χ2v) is 10.4. The van der Waals surface area contributed by atoms with Crippen LogP contribution in [0, 0.1) is 0 Å². The quantitative estimate of drug-likeness (QED) is 0.269. The van der Waals surface area contributed by atoms with E-state index in [9.17, 15) is 8.42 Å². The lowest BCUT2D eigenvalue weighted by atomic mass is 10.0. The molecular formula is C24H42N2O2S. The highest BCUT2D eigenvalue weighted by molar-refractivity contribution is 7.92. The second kappa shape index (κ2) is 13.9. The summed E-state index contributed by atoms with van der Waals surface area (Å²) in [5.41, 5.74) is 2.85. The minimum Gasteiger partial charge on any atom is -0.383 e. The van der Waals surface area contributed by atoms with E-state index in [0.29, 0.717) is 5.69 Å². The third kappa shape index (κ3) is 9.88. The molecule has 2 rings (SSSR count). The first kappa shape index (κ1) is 24.0. The standard InChI is InChI=1S/C24H42N2O2S/c1-2-3-4-5-6-7-8-9-10-11-12-13-14-15-21-29(27,28)26-23-18-16-17-22-19-20-25-24(22)23/h16-18,25-26H,2-15,19-21H2,1H3. The first-order chi connectivity index (χ1) is 14.1. The predicted octanol–water partition coefficient (Wildman–Crippen LogP) is 6.88. The van der Waals surface area contributed by atoms with E-state index in [4.69, 9.17) is 0 Å². The molecule has 0 unspecified atom stereocenters. The highest BCUT2D eigenvalue weighted by Gasteiger charge is 2.17. The van der Waals surface area contributed by atoms with Crippen LogP contribution in [0.4, 0.5) is 11.4 Å². The molecule has 1 aliphatic heterocycles. The molecule has 0 fully saturated rings. The number of unbranched alkanes of at least 4 members (excludes halogenated alkanes) is 13. The maximum absolute atomic E-state index is 12.4. The molecule has 1 heterocycles. The van der Waals surface area contributed by atoms with Crippen molar-refractivity contribution in [3.05, 3.63) is 23.8 Å². The summed E-state index contributed by atoms with van der Waals surface area (Å²) in [6.07, 6.45) is 18.8. The van der Waals surface area contributed by atoms with Gasteiger partial charge in [-0.2, -0.15) is 0 Å². The van der Waals surface area contributed by atoms with Crippen LogP contribution in [0.5, 0.6) is 0 Å². The van der Waals surface area contributed by atoms with E-state index < -0.39 is 10.0 Å². The lowest BCUT2D eigenvalue weighted by Crippen LogP contribution is -2.17. The van der Waals surface area contributed by atoms with Gasteiger partial charge in [0.1, 0.15) is 0 Å². The van der Waals surface area contributed by atoms with E-state index >= 15 is 0 Å². The maximum atomic E-state index is 12.4. The molecule has 0 atom stereocenters. The minimum atomic E-state index is -3.26. The van der Waals surface area contributed by atoms with Gasteiger partial charge in [-0.1, -0.05) is 103 Å². The Hall–Kier alpha value is -1.23. The fraction of sp³-hybridized carbons (Fsp3) is 0.750. The normalized spacial score (nSPS) is 13.3. The second-order valence-electron chi connectivity index (χ2n) is 8.53. The summed E-state index contributed by atoms with van der Waals surface area (Å²) in [4.78, 5) is 0. The topological polar surface area (TPSA) is 58.2 Å². The lowest BCUT2D eigenvalue weighted by Gasteiger charge is -2.12. The Morgan fingerprint density at radius 3 is 1.97 bits per heavy atom. The summed E-state index contributed by atoms with van der Waals surface area (Å²) in [6, 6.07) is 5.83. The number of hydrogen-bond acceptors (Lipinski definition) is 3.